The molecule has 0 aromatic heterocycles. The Balaban J connectivity index is 0. The minimum atomic E-state index is -0.711. The molecule has 0 bridgehead atoms. The van der Waals surface area contributed by atoms with Crippen molar-refractivity contribution in [1.82, 2.24) is 0 Å². The molecule has 0 amide bonds. The summed E-state index contributed by atoms with van der Waals surface area (Å²) in [4.78, 5) is 19.5. The van der Waals surface area contributed by atoms with Crippen molar-refractivity contribution in [2.24, 2.45) is 5.92 Å². The summed E-state index contributed by atoms with van der Waals surface area (Å²) in [5.41, 5.74) is 0. The molecule has 0 aliphatic heterocycles. The first-order chi connectivity index (χ1) is 5.95. The van der Waals surface area contributed by atoms with Crippen LogP contribution in [-0.2, 0) is 9.59 Å². The molecule has 4 heteroatoms. The molecule has 0 fully saturated rings. The van der Waals surface area contributed by atoms with Crippen LogP contribution in [0.3, 0.4) is 0 Å². The summed E-state index contributed by atoms with van der Waals surface area (Å²) in [5.74, 6) is -1.60. The number of carbonyl (C=O) groups is 2. The number of rotatable bonds is 4. The zero-order valence-electron chi connectivity index (χ0n) is 8.41. The number of carboxylic acids is 2. The maximum atomic E-state index is 9.93. The van der Waals surface area contributed by atoms with Crippen molar-refractivity contribution in [1.29, 1.82) is 0 Å². The highest BCUT2D eigenvalue weighted by molar-refractivity contribution is 5.69. The van der Waals surface area contributed by atoms with Gasteiger partial charge >= 0.3 is 11.9 Å². The molecule has 1 unspecified atom stereocenters. The third-order valence-electron chi connectivity index (χ3n) is 1.50. The third-order valence-corrected chi connectivity index (χ3v) is 1.50. The standard InChI is InChI=1S/C5H10O2.C4H8O2/c1-3-4(2)5(6)7;1-2-3-4(5)6/h4H,3H2,1-2H3,(H,6,7);2-3H2,1H3,(H,5,6). The molecule has 0 spiro atoms. The van der Waals surface area contributed by atoms with Crippen molar-refractivity contribution in [3.8, 4) is 0 Å². The molecule has 0 aliphatic carbocycles. The third kappa shape index (κ3) is 13.9. The average molecular weight is 190 g/mol. The molecule has 1 atom stereocenters. The Morgan fingerprint density at radius 1 is 1.23 bits per heavy atom. The topological polar surface area (TPSA) is 74.6 Å². The highest BCUT2D eigenvalue weighted by atomic mass is 16.4. The van der Waals surface area contributed by atoms with E-state index < -0.39 is 11.9 Å². The van der Waals surface area contributed by atoms with Gasteiger partial charge in [0, 0.05) is 6.42 Å². The van der Waals surface area contributed by atoms with Gasteiger partial charge in [0.25, 0.3) is 0 Å². The minimum absolute atomic E-state index is 0.181. The Bertz CT molecular complexity index is 154. The number of carboxylic acid groups (broad SMARTS) is 2. The normalized spacial score (nSPS) is 11.0. The summed E-state index contributed by atoms with van der Waals surface area (Å²) in [7, 11) is 0. The summed E-state index contributed by atoms with van der Waals surface area (Å²) >= 11 is 0. The SMILES string of the molecule is CCC(C)C(=O)O.CCCC(=O)O. The largest absolute Gasteiger partial charge is 0.481 e. The van der Waals surface area contributed by atoms with E-state index in [2.05, 4.69) is 0 Å². The van der Waals surface area contributed by atoms with E-state index in [0.717, 1.165) is 12.8 Å². The molecule has 0 saturated heterocycles. The predicted molar refractivity (Wildman–Crippen MR) is 49.6 cm³/mol. The zero-order chi connectivity index (χ0) is 10.9. The van der Waals surface area contributed by atoms with E-state index in [1.807, 2.05) is 13.8 Å². The van der Waals surface area contributed by atoms with Gasteiger partial charge < -0.3 is 10.2 Å². The number of hydrogen-bond acceptors (Lipinski definition) is 2. The smallest absolute Gasteiger partial charge is 0.306 e. The number of aliphatic carboxylic acids is 2. The minimum Gasteiger partial charge on any atom is -0.481 e. The molecule has 0 heterocycles. The van der Waals surface area contributed by atoms with E-state index in [1.165, 1.54) is 0 Å². The van der Waals surface area contributed by atoms with E-state index in [0.29, 0.717) is 6.42 Å². The molecule has 13 heavy (non-hydrogen) atoms. The first kappa shape index (κ1) is 14.5. The lowest BCUT2D eigenvalue weighted by molar-refractivity contribution is -0.141. The summed E-state index contributed by atoms with van der Waals surface area (Å²) in [6, 6.07) is 0. The van der Waals surface area contributed by atoms with Crippen LogP contribution in [0, 0.1) is 5.92 Å². The molecule has 78 valence electrons. The van der Waals surface area contributed by atoms with Crippen molar-refractivity contribution in [2.75, 3.05) is 0 Å². The second-order valence-electron chi connectivity index (χ2n) is 2.79. The molecule has 0 radical (unpaired) electrons. The van der Waals surface area contributed by atoms with Gasteiger partial charge in [-0.05, 0) is 12.8 Å². The van der Waals surface area contributed by atoms with Gasteiger partial charge in [0.05, 0.1) is 5.92 Å². The lowest BCUT2D eigenvalue weighted by atomic mass is 10.1. The van der Waals surface area contributed by atoms with Gasteiger partial charge in [-0.25, -0.2) is 0 Å². The fraction of sp³-hybridized carbons (Fsp3) is 0.778. The maximum absolute atomic E-state index is 9.93. The average Bonchev–Trinajstić information content (AvgIpc) is 2.03. The van der Waals surface area contributed by atoms with Gasteiger partial charge in [0.1, 0.15) is 0 Å². The molecule has 0 aliphatic rings. The van der Waals surface area contributed by atoms with Crippen LogP contribution < -0.4 is 0 Å². The second-order valence-corrected chi connectivity index (χ2v) is 2.79. The Morgan fingerprint density at radius 2 is 1.69 bits per heavy atom. The molecule has 0 rings (SSSR count). The van der Waals surface area contributed by atoms with Crippen molar-refractivity contribution in [2.45, 2.75) is 40.0 Å². The van der Waals surface area contributed by atoms with Crippen LogP contribution in [0.5, 0.6) is 0 Å². The summed E-state index contributed by atoms with van der Waals surface area (Å²) in [5, 5.41) is 16.1. The highest BCUT2D eigenvalue weighted by Crippen LogP contribution is 1.97. The van der Waals surface area contributed by atoms with Gasteiger partial charge in [-0.3, -0.25) is 9.59 Å². The molecular weight excluding hydrogens is 172 g/mol. The lowest BCUT2D eigenvalue weighted by Gasteiger charge is -1.96. The van der Waals surface area contributed by atoms with Crippen LogP contribution in [-0.4, -0.2) is 22.2 Å². The summed E-state index contributed by atoms with van der Waals surface area (Å²) in [6.45, 7) is 5.40. The first-order valence-electron chi connectivity index (χ1n) is 4.40. The summed E-state index contributed by atoms with van der Waals surface area (Å²) < 4.78 is 0. The van der Waals surface area contributed by atoms with Crippen LogP contribution in [0.2, 0.25) is 0 Å². The van der Waals surface area contributed by atoms with E-state index in [4.69, 9.17) is 10.2 Å². The van der Waals surface area contributed by atoms with Gasteiger partial charge in [0.2, 0.25) is 0 Å². The molecular formula is C9H18O4. The van der Waals surface area contributed by atoms with Crippen LogP contribution in [0.25, 0.3) is 0 Å². The van der Waals surface area contributed by atoms with Crippen molar-refractivity contribution in [3.63, 3.8) is 0 Å². The van der Waals surface area contributed by atoms with E-state index >= 15 is 0 Å². The molecule has 4 nitrogen and oxygen atoms in total. The van der Waals surface area contributed by atoms with Gasteiger partial charge in [0.15, 0.2) is 0 Å². The lowest BCUT2D eigenvalue weighted by Crippen LogP contribution is -2.06. The monoisotopic (exact) mass is 190 g/mol. The predicted octanol–water partition coefficient (Wildman–Crippen LogP) is 1.99. The Hall–Kier alpha value is -1.06. The van der Waals surface area contributed by atoms with Gasteiger partial charge in [-0.15, -0.1) is 0 Å². The van der Waals surface area contributed by atoms with E-state index in [9.17, 15) is 9.59 Å². The summed E-state index contributed by atoms with van der Waals surface area (Å²) in [6.07, 6.45) is 1.74. The van der Waals surface area contributed by atoms with Crippen molar-refractivity contribution in [3.05, 3.63) is 0 Å². The molecule has 0 saturated carbocycles. The van der Waals surface area contributed by atoms with E-state index in [-0.39, 0.29) is 5.92 Å². The quantitative estimate of drug-likeness (QED) is 0.710. The Morgan fingerprint density at radius 3 is 1.69 bits per heavy atom. The van der Waals surface area contributed by atoms with E-state index in [1.54, 1.807) is 6.92 Å². The number of hydrogen-bond donors (Lipinski definition) is 2. The fourth-order valence-corrected chi connectivity index (χ4v) is 0.388. The van der Waals surface area contributed by atoms with Crippen LogP contribution in [0.15, 0.2) is 0 Å². The van der Waals surface area contributed by atoms with Crippen molar-refractivity contribution < 1.29 is 19.8 Å². The van der Waals surface area contributed by atoms with Gasteiger partial charge in [-0.2, -0.15) is 0 Å². The maximum Gasteiger partial charge on any atom is 0.306 e. The zero-order valence-corrected chi connectivity index (χ0v) is 8.41. The molecule has 0 aromatic carbocycles. The van der Waals surface area contributed by atoms with Crippen LogP contribution >= 0.6 is 0 Å². The first-order valence-corrected chi connectivity index (χ1v) is 4.40. The molecule has 2 N–H and O–H groups in total. The highest BCUT2D eigenvalue weighted by Gasteiger charge is 2.05. The second kappa shape index (κ2) is 9.03. The fourth-order valence-electron chi connectivity index (χ4n) is 0.388. The molecule has 0 aromatic rings. The van der Waals surface area contributed by atoms with Gasteiger partial charge in [-0.1, -0.05) is 20.8 Å². The van der Waals surface area contributed by atoms with Crippen LogP contribution in [0.1, 0.15) is 40.0 Å². The van der Waals surface area contributed by atoms with Crippen molar-refractivity contribution >= 4 is 11.9 Å². The Labute approximate surface area is 78.6 Å². The Kier molecular flexibility index (Phi) is 10.0. The van der Waals surface area contributed by atoms with Crippen LogP contribution in [0.4, 0.5) is 0 Å².